The van der Waals surface area contributed by atoms with Gasteiger partial charge in [0.2, 0.25) is 0 Å². The zero-order chi connectivity index (χ0) is 10.4. The van der Waals surface area contributed by atoms with Gasteiger partial charge in [0.15, 0.2) is 5.82 Å². The number of nitrogens with one attached hydrogen (secondary N) is 1. The van der Waals surface area contributed by atoms with E-state index in [1.165, 1.54) is 0 Å². The van der Waals surface area contributed by atoms with Gasteiger partial charge in [-0.1, -0.05) is 13.8 Å². The number of aromatic nitrogens is 2. The molecule has 0 atom stereocenters. The maximum atomic E-state index is 4.96. The molecule has 0 saturated heterocycles. The molecule has 0 fully saturated rings. The molecule has 0 amide bonds. The number of rotatable bonds is 5. The summed E-state index contributed by atoms with van der Waals surface area (Å²) in [5, 5.41) is 3.30. The third-order valence-corrected chi connectivity index (χ3v) is 1.73. The van der Waals surface area contributed by atoms with Gasteiger partial charge in [-0.25, -0.2) is 9.97 Å². The van der Waals surface area contributed by atoms with Gasteiger partial charge in [-0.2, -0.15) is 0 Å². The van der Waals surface area contributed by atoms with Crippen molar-refractivity contribution in [3.05, 3.63) is 23.8 Å². The number of methoxy groups -OCH3 is 1. The van der Waals surface area contributed by atoms with E-state index in [4.69, 9.17) is 4.74 Å². The van der Waals surface area contributed by atoms with Crippen LogP contribution in [0.25, 0.3) is 0 Å². The molecule has 1 N–H and O–H groups in total. The molecule has 0 spiro atoms. The Bertz CT molecular complexity index is 276. The average Bonchev–Trinajstić information content (AvgIpc) is 2.16. The summed E-state index contributed by atoms with van der Waals surface area (Å²) in [5.74, 6) is 0.732. The summed E-state index contributed by atoms with van der Waals surface area (Å²) in [5.41, 5.74) is 1.00. The van der Waals surface area contributed by atoms with Crippen LogP contribution in [0.1, 0.15) is 25.4 Å². The van der Waals surface area contributed by atoms with E-state index in [9.17, 15) is 0 Å². The van der Waals surface area contributed by atoms with E-state index in [1.54, 1.807) is 13.3 Å². The van der Waals surface area contributed by atoms with Crippen LogP contribution in [-0.4, -0.2) is 23.1 Å². The van der Waals surface area contributed by atoms with E-state index < -0.39 is 0 Å². The van der Waals surface area contributed by atoms with Crippen molar-refractivity contribution >= 4 is 0 Å². The predicted octanol–water partition coefficient (Wildman–Crippen LogP) is 1.12. The lowest BCUT2D eigenvalue weighted by Crippen LogP contribution is -2.22. The van der Waals surface area contributed by atoms with Crippen molar-refractivity contribution < 1.29 is 4.74 Å². The molecule has 14 heavy (non-hydrogen) atoms. The van der Waals surface area contributed by atoms with E-state index in [0.29, 0.717) is 12.6 Å². The predicted molar refractivity (Wildman–Crippen MR) is 54.7 cm³/mol. The van der Waals surface area contributed by atoms with Crippen LogP contribution in [0.3, 0.4) is 0 Å². The second-order valence-electron chi connectivity index (χ2n) is 3.43. The molecule has 1 aromatic rings. The Morgan fingerprint density at radius 1 is 1.50 bits per heavy atom. The minimum absolute atomic E-state index is 0.468. The Kier molecular flexibility index (Phi) is 4.49. The minimum atomic E-state index is 0.468. The van der Waals surface area contributed by atoms with Crippen LogP contribution in [-0.2, 0) is 17.9 Å². The van der Waals surface area contributed by atoms with Gasteiger partial charge in [-0.05, 0) is 6.07 Å². The summed E-state index contributed by atoms with van der Waals surface area (Å²) >= 11 is 0. The summed E-state index contributed by atoms with van der Waals surface area (Å²) in [4.78, 5) is 8.43. The molecule has 78 valence electrons. The highest BCUT2D eigenvalue weighted by molar-refractivity contribution is 5.01. The van der Waals surface area contributed by atoms with Gasteiger partial charge < -0.3 is 10.1 Å². The molecule has 1 aromatic heterocycles. The maximum Gasteiger partial charge on any atom is 0.154 e. The molecule has 0 saturated carbocycles. The highest BCUT2D eigenvalue weighted by atomic mass is 16.5. The van der Waals surface area contributed by atoms with Crippen molar-refractivity contribution in [1.82, 2.24) is 15.3 Å². The van der Waals surface area contributed by atoms with E-state index in [1.807, 2.05) is 6.07 Å². The lowest BCUT2D eigenvalue weighted by atomic mass is 10.3. The molecular weight excluding hydrogens is 178 g/mol. The number of hydrogen-bond acceptors (Lipinski definition) is 4. The van der Waals surface area contributed by atoms with Crippen molar-refractivity contribution in [1.29, 1.82) is 0 Å². The van der Waals surface area contributed by atoms with Crippen LogP contribution < -0.4 is 5.32 Å². The quantitative estimate of drug-likeness (QED) is 0.765. The summed E-state index contributed by atoms with van der Waals surface area (Å²) < 4.78 is 4.96. The normalized spacial score (nSPS) is 10.9. The standard InChI is InChI=1S/C10H17N3O/c1-8(2)12-6-9-4-5-11-10(13-9)7-14-3/h4-5,8,12H,6-7H2,1-3H3. The van der Waals surface area contributed by atoms with Gasteiger partial charge in [-0.15, -0.1) is 0 Å². The SMILES string of the molecule is COCc1nccc(CNC(C)C)n1. The van der Waals surface area contributed by atoms with Crippen molar-refractivity contribution in [2.45, 2.75) is 33.0 Å². The molecule has 0 aliphatic heterocycles. The Morgan fingerprint density at radius 2 is 2.29 bits per heavy atom. The van der Waals surface area contributed by atoms with E-state index >= 15 is 0 Å². The van der Waals surface area contributed by atoms with Crippen LogP contribution in [0.5, 0.6) is 0 Å². The third kappa shape index (κ3) is 3.81. The largest absolute Gasteiger partial charge is 0.377 e. The second kappa shape index (κ2) is 5.67. The fourth-order valence-electron chi connectivity index (χ4n) is 1.05. The first-order chi connectivity index (χ1) is 6.72. The average molecular weight is 195 g/mol. The number of nitrogens with zero attached hydrogens (tertiary/aromatic N) is 2. The van der Waals surface area contributed by atoms with Crippen LogP contribution in [0.4, 0.5) is 0 Å². The van der Waals surface area contributed by atoms with E-state index in [0.717, 1.165) is 18.1 Å². The van der Waals surface area contributed by atoms with Gasteiger partial charge in [0.05, 0.1) is 5.69 Å². The van der Waals surface area contributed by atoms with Crippen LogP contribution >= 0.6 is 0 Å². The van der Waals surface area contributed by atoms with Gasteiger partial charge >= 0.3 is 0 Å². The van der Waals surface area contributed by atoms with Gasteiger partial charge in [0.1, 0.15) is 6.61 Å². The van der Waals surface area contributed by atoms with Gasteiger partial charge in [0.25, 0.3) is 0 Å². The zero-order valence-corrected chi connectivity index (χ0v) is 8.95. The first kappa shape index (κ1) is 11.1. The van der Waals surface area contributed by atoms with Gasteiger partial charge in [-0.3, -0.25) is 0 Å². The first-order valence-corrected chi connectivity index (χ1v) is 4.75. The number of hydrogen-bond donors (Lipinski definition) is 1. The highest BCUT2D eigenvalue weighted by Crippen LogP contribution is 1.97. The monoisotopic (exact) mass is 195 g/mol. The van der Waals surface area contributed by atoms with Crippen molar-refractivity contribution in [3.63, 3.8) is 0 Å². The summed E-state index contributed by atoms with van der Waals surface area (Å²) in [6.45, 7) is 5.46. The maximum absolute atomic E-state index is 4.96. The Labute approximate surface area is 84.7 Å². The fourth-order valence-corrected chi connectivity index (χ4v) is 1.05. The molecule has 4 nitrogen and oxygen atoms in total. The number of ether oxygens (including phenoxy) is 1. The molecule has 0 radical (unpaired) electrons. The minimum Gasteiger partial charge on any atom is -0.377 e. The molecule has 0 aliphatic carbocycles. The Balaban J connectivity index is 2.54. The van der Waals surface area contributed by atoms with Crippen molar-refractivity contribution in [2.75, 3.05) is 7.11 Å². The molecular formula is C10H17N3O. The lowest BCUT2D eigenvalue weighted by molar-refractivity contribution is 0.177. The van der Waals surface area contributed by atoms with Crippen LogP contribution in [0.15, 0.2) is 12.3 Å². The smallest absolute Gasteiger partial charge is 0.154 e. The molecule has 4 heteroatoms. The molecule has 0 unspecified atom stereocenters. The third-order valence-electron chi connectivity index (χ3n) is 1.73. The zero-order valence-electron chi connectivity index (χ0n) is 8.95. The summed E-state index contributed by atoms with van der Waals surface area (Å²) in [6, 6.07) is 2.38. The van der Waals surface area contributed by atoms with Crippen LogP contribution in [0, 0.1) is 0 Å². The lowest BCUT2D eigenvalue weighted by Gasteiger charge is -2.07. The molecule has 0 bridgehead atoms. The second-order valence-corrected chi connectivity index (χ2v) is 3.43. The first-order valence-electron chi connectivity index (χ1n) is 4.75. The van der Waals surface area contributed by atoms with Crippen molar-refractivity contribution in [2.24, 2.45) is 0 Å². The van der Waals surface area contributed by atoms with Crippen LogP contribution in [0.2, 0.25) is 0 Å². The molecule has 1 heterocycles. The van der Waals surface area contributed by atoms with Gasteiger partial charge in [0, 0.05) is 25.9 Å². The molecule has 0 aromatic carbocycles. The van der Waals surface area contributed by atoms with E-state index in [2.05, 4.69) is 29.1 Å². The topological polar surface area (TPSA) is 47.0 Å². The van der Waals surface area contributed by atoms with E-state index in [-0.39, 0.29) is 0 Å². The summed E-state index contributed by atoms with van der Waals surface area (Å²) in [7, 11) is 1.64. The molecule has 1 rings (SSSR count). The summed E-state index contributed by atoms with van der Waals surface area (Å²) in [6.07, 6.45) is 1.76. The molecule has 0 aliphatic rings. The van der Waals surface area contributed by atoms with Crippen molar-refractivity contribution in [3.8, 4) is 0 Å². The Hall–Kier alpha value is -1.00. The fraction of sp³-hybridized carbons (Fsp3) is 0.600. The Morgan fingerprint density at radius 3 is 2.93 bits per heavy atom. The highest BCUT2D eigenvalue weighted by Gasteiger charge is 1.99.